The van der Waals surface area contributed by atoms with Gasteiger partial charge in [0.15, 0.2) is 11.5 Å². The molecular formula is C27H26O9. The lowest BCUT2D eigenvalue weighted by atomic mass is 9.99. The number of methoxy groups -OCH3 is 1. The first-order valence-electron chi connectivity index (χ1n) is 11.0. The van der Waals surface area contributed by atoms with Crippen LogP contribution in [-0.4, -0.2) is 25.0 Å². The first-order valence-corrected chi connectivity index (χ1v) is 11.0. The summed E-state index contributed by atoms with van der Waals surface area (Å²) in [6.45, 7) is 7.56. The molecule has 0 aliphatic heterocycles. The highest BCUT2D eigenvalue weighted by molar-refractivity contribution is 5.91. The Morgan fingerprint density at radius 2 is 1.53 bits per heavy atom. The third kappa shape index (κ3) is 5.99. The Hall–Kier alpha value is -4.40. The molecule has 1 heterocycles. The Morgan fingerprint density at radius 1 is 0.861 bits per heavy atom. The maximum atomic E-state index is 13.6. The molecule has 36 heavy (non-hydrogen) atoms. The van der Waals surface area contributed by atoms with Crippen LogP contribution in [0.15, 0.2) is 51.4 Å². The first kappa shape index (κ1) is 26.2. The third-order valence-corrected chi connectivity index (χ3v) is 4.97. The van der Waals surface area contributed by atoms with Crippen LogP contribution in [0.4, 0.5) is 0 Å². The minimum atomic E-state index is -0.669. The summed E-state index contributed by atoms with van der Waals surface area (Å²) < 4.78 is 26.9. The summed E-state index contributed by atoms with van der Waals surface area (Å²) in [6.07, 6.45) is 3.62. The molecule has 3 rings (SSSR count). The number of esters is 3. The summed E-state index contributed by atoms with van der Waals surface area (Å²) in [5.41, 5.74) is 1.83. The van der Waals surface area contributed by atoms with E-state index >= 15 is 0 Å². The zero-order chi connectivity index (χ0) is 26.6. The van der Waals surface area contributed by atoms with E-state index in [4.69, 9.17) is 23.4 Å². The number of benzene rings is 2. The van der Waals surface area contributed by atoms with Crippen LogP contribution in [0.1, 0.15) is 40.2 Å². The van der Waals surface area contributed by atoms with Crippen molar-refractivity contribution in [3.05, 3.63) is 58.0 Å². The zero-order valence-electron chi connectivity index (χ0n) is 20.8. The van der Waals surface area contributed by atoms with Crippen LogP contribution in [0.2, 0.25) is 0 Å². The second-order valence-corrected chi connectivity index (χ2v) is 8.21. The topological polar surface area (TPSA) is 118 Å². The lowest BCUT2D eigenvalue weighted by Gasteiger charge is -2.15. The molecule has 0 spiro atoms. The van der Waals surface area contributed by atoms with Gasteiger partial charge in [-0.1, -0.05) is 11.6 Å². The molecule has 0 aliphatic rings. The van der Waals surface area contributed by atoms with Gasteiger partial charge in [0.25, 0.3) is 0 Å². The Kier molecular flexibility index (Phi) is 7.93. The van der Waals surface area contributed by atoms with Crippen LogP contribution in [0.5, 0.6) is 23.0 Å². The summed E-state index contributed by atoms with van der Waals surface area (Å²) >= 11 is 0. The Balaban J connectivity index is 2.29. The molecule has 0 radical (unpaired) electrons. The van der Waals surface area contributed by atoms with Gasteiger partial charge < -0.3 is 23.4 Å². The summed E-state index contributed by atoms with van der Waals surface area (Å²) in [5.74, 6) is -1.32. The molecule has 0 aliphatic carbocycles. The van der Waals surface area contributed by atoms with Gasteiger partial charge in [-0.05, 0) is 38.0 Å². The highest BCUT2D eigenvalue weighted by Gasteiger charge is 2.21. The number of fused-ring (bicyclic) bond motifs is 1. The van der Waals surface area contributed by atoms with Crippen molar-refractivity contribution in [1.29, 1.82) is 0 Å². The van der Waals surface area contributed by atoms with E-state index < -0.39 is 23.3 Å². The van der Waals surface area contributed by atoms with Gasteiger partial charge in [0, 0.05) is 38.5 Å². The predicted molar refractivity (Wildman–Crippen MR) is 132 cm³/mol. The molecule has 9 nitrogen and oxygen atoms in total. The number of allylic oxidation sites excluding steroid dienone is 2. The average Bonchev–Trinajstić information content (AvgIpc) is 2.77. The van der Waals surface area contributed by atoms with E-state index in [-0.39, 0.29) is 39.5 Å². The number of rotatable bonds is 7. The molecule has 1 aromatic heterocycles. The number of carbonyl (C=O) groups is 3. The predicted octanol–water partition coefficient (Wildman–Crippen LogP) is 4.75. The van der Waals surface area contributed by atoms with Gasteiger partial charge >= 0.3 is 17.9 Å². The molecule has 9 heteroatoms. The SMILES string of the molecule is COc1cc(-c2coc3cc(OC(C)=O)cc(OC(C)=O)c3c2=O)cc(CC=C(C)C)c1OC(C)=O. The molecule has 0 unspecified atom stereocenters. The summed E-state index contributed by atoms with van der Waals surface area (Å²) in [5, 5.41) is -0.00696. The highest BCUT2D eigenvalue weighted by Crippen LogP contribution is 2.38. The van der Waals surface area contributed by atoms with Gasteiger partial charge in [-0.2, -0.15) is 0 Å². The van der Waals surface area contributed by atoms with Crippen molar-refractivity contribution in [1.82, 2.24) is 0 Å². The summed E-state index contributed by atoms with van der Waals surface area (Å²) in [6, 6.07) is 5.90. The van der Waals surface area contributed by atoms with E-state index in [1.165, 1.54) is 46.3 Å². The molecule has 0 fully saturated rings. The average molecular weight is 494 g/mol. The van der Waals surface area contributed by atoms with E-state index in [0.29, 0.717) is 17.5 Å². The van der Waals surface area contributed by atoms with Gasteiger partial charge in [-0.3, -0.25) is 19.2 Å². The Morgan fingerprint density at radius 3 is 2.11 bits per heavy atom. The molecule has 2 aromatic carbocycles. The Labute approximate surface area is 207 Å². The van der Waals surface area contributed by atoms with Crippen molar-refractivity contribution in [3.8, 4) is 34.1 Å². The number of carbonyl (C=O) groups excluding carboxylic acids is 3. The van der Waals surface area contributed by atoms with E-state index in [1.54, 1.807) is 12.1 Å². The normalized spacial score (nSPS) is 10.5. The van der Waals surface area contributed by atoms with Gasteiger partial charge in [0.05, 0.1) is 12.7 Å². The summed E-state index contributed by atoms with van der Waals surface area (Å²) in [4.78, 5) is 48.4. The number of hydrogen-bond acceptors (Lipinski definition) is 9. The van der Waals surface area contributed by atoms with Crippen LogP contribution in [0.3, 0.4) is 0 Å². The molecule has 0 N–H and O–H groups in total. The molecule has 0 bridgehead atoms. The van der Waals surface area contributed by atoms with Gasteiger partial charge in [-0.25, -0.2) is 0 Å². The van der Waals surface area contributed by atoms with Crippen molar-refractivity contribution in [2.75, 3.05) is 7.11 Å². The standard InChI is InChI=1S/C27H26O9/c1-14(2)7-8-18-9-19(10-24(32-6)27(18)36-17(5)30)21-13-33-22-11-20(34-15(3)28)12-23(35-16(4)29)25(22)26(21)31/h7,9-13H,8H2,1-6H3. The van der Waals surface area contributed by atoms with Crippen molar-refractivity contribution >= 4 is 28.9 Å². The van der Waals surface area contributed by atoms with Gasteiger partial charge in [0.2, 0.25) is 5.43 Å². The van der Waals surface area contributed by atoms with E-state index in [9.17, 15) is 19.2 Å². The van der Waals surface area contributed by atoms with E-state index in [1.807, 2.05) is 19.9 Å². The van der Waals surface area contributed by atoms with Crippen LogP contribution in [-0.2, 0) is 20.8 Å². The summed E-state index contributed by atoms with van der Waals surface area (Å²) in [7, 11) is 1.43. The minimum Gasteiger partial charge on any atom is -0.493 e. The van der Waals surface area contributed by atoms with Crippen LogP contribution >= 0.6 is 0 Å². The van der Waals surface area contributed by atoms with Crippen LogP contribution < -0.4 is 24.4 Å². The highest BCUT2D eigenvalue weighted by atomic mass is 16.6. The fourth-order valence-electron chi connectivity index (χ4n) is 3.54. The smallest absolute Gasteiger partial charge is 0.308 e. The fourth-order valence-corrected chi connectivity index (χ4v) is 3.54. The van der Waals surface area contributed by atoms with Crippen molar-refractivity contribution in [2.45, 2.75) is 41.0 Å². The quantitative estimate of drug-likeness (QED) is 0.260. The number of hydrogen-bond donors (Lipinski definition) is 0. The molecule has 3 aromatic rings. The third-order valence-electron chi connectivity index (χ3n) is 4.97. The van der Waals surface area contributed by atoms with Crippen LogP contribution in [0.25, 0.3) is 22.1 Å². The largest absolute Gasteiger partial charge is 0.493 e. The maximum Gasteiger partial charge on any atom is 0.308 e. The van der Waals surface area contributed by atoms with Gasteiger partial charge in [0.1, 0.15) is 28.7 Å². The molecule has 0 saturated heterocycles. The maximum absolute atomic E-state index is 13.6. The molecule has 188 valence electrons. The first-order chi connectivity index (χ1) is 17.0. The molecule has 0 amide bonds. The van der Waals surface area contributed by atoms with E-state index in [2.05, 4.69) is 0 Å². The fraction of sp³-hybridized carbons (Fsp3) is 0.259. The molecular weight excluding hydrogens is 468 g/mol. The minimum absolute atomic E-state index is 0.00696. The molecule has 0 saturated carbocycles. The lowest BCUT2D eigenvalue weighted by Crippen LogP contribution is -2.11. The lowest BCUT2D eigenvalue weighted by molar-refractivity contribution is -0.133. The van der Waals surface area contributed by atoms with E-state index in [0.717, 1.165) is 5.57 Å². The van der Waals surface area contributed by atoms with Crippen molar-refractivity contribution in [3.63, 3.8) is 0 Å². The van der Waals surface area contributed by atoms with Crippen molar-refractivity contribution in [2.24, 2.45) is 0 Å². The second kappa shape index (κ2) is 10.9. The monoisotopic (exact) mass is 494 g/mol. The van der Waals surface area contributed by atoms with Crippen LogP contribution in [0, 0.1) is 0 Å². The van der Waals surface area contributed by atoms with Crippen molar-refractivity contribution < 1.29 is 37.7 Å². The zero-order valence-corrected chi connectivity index (χ0v) is 20.8. The van der Waals surface area contributed by atoms with Gasteiger partial charge in [-0.15, -0.1) is 0 Å². The second-order valence-electron chi connectivity index (χ2n) is 8.21. The molecule has 0 atom stereocenters. The Bertz CT molecular complexity index is 1440. The number of ether oxygens (including phenoxy) is 4.